The molecule has 2 N–H and O–H groups in total. The quantitative estimate of drug-likeness (QED) is 0.438. The van der Waals surface area contributed by atoms with Crippen LogP contribution in [0.3, 0.4) is 0 Å². The third-order valence-electron chi connectivity index (χ3n) is 2.96. The van der Waals surface area contributed by atoms with E-state index in [1.54, 1.807) is 0 Å². The number of nitrogens with one attached hydrogen (secondary N) is 2. The molecule has 0 saturated heterocycles. The normalized spacial score (nSPS) is 11.1. The summed E-state index contributed by atoms with van der Waals surface area (Å²) in [4.78, 5) is 21.8. The number of carbonyl (C=O) groups excluding carboxylic acids is 1. The van der Waals surface area contributed by atoms with Gasteiger partial charge in [0.05, 0.1) is 10.5 Å². The van der Waals surface area contributed by atoms with Crippen molar-refractivity contribution < 1.29 is 27.3 Å². The summed E-state index contributed by atoms with van der Waals surface area (Å²) in [7, 11) is 0. The zero-order valence-corrected chi connectivity index (χ0v) is 13.6. The third kappa shape index (κ3) is 4.66. The van der Waals surface area contributed by atoms with E-state index < -0.39 is 34.1 Å². The van der Waals surface area contributed by atoms with Gasteiger partial charge in [-0.1, -0.05) is 15.9 Å². The van der Waals surface area contributed by atoms with E-state index in [1.165, 1.54) is 6.07 Å². The summed E-state index contributed by atoms with van der Waals surface area (Å²) in [6, 6.07) is 5.10. The summed E-state index contributed by atoms with van der Waals surface area (Å²) >= 11 is 3.00. The van der Waals surface area contributed by atoms with E-state index in [4.69, 9.17) is 0 Å². The lowest BCUT2D eigenvalue weighted by Crippen LogP contribution is -2.29. The Bertz CT molecular complexity index is 822. The van der Waals surface area contributed by atoms with Crippen molar-refractivity contribution in [1.82, 2.24) is 5.43 Å². The van der Waals surface area contributed by atoms with Crippen LogP contribution in [0.2, 0.25) is 0 Å². The first-order valence-electron chi connectivity index (χ1n) is 6.46. The number of anilines is 1. The number of hydrogen-bond donors (Lipinski definition) is 2. The largest absolute Gasteiger partial charge is 0.416 e. The van der Waals surface area contributed by atoms with Gasteiger partial charge >= 0.3 is 6.18 Å². The molecular weight excluding hydrogens is 414 g/mol. The molecule has 0 atom stereocenters. The fourth-order valence-corrected chi connectivity index (χ4v) is 2.31. The lowest BCUT2D eigenvalue weighted by Gasteiger charge is -2.11. The second-order valence-electron chi connectivity index (χ2n) is 4.72. The van der Waals surface area contributed by atoms with Gasteiger partial charge < -0.3 is 0 Å². The van der Waals surface area contributed by atoms with E-state index in [0.717, 1.165) is 18.2 Å². The first-order valence-corrected chi connectivity index (χ1v) is 7.25. The van der Waals surface area contributed by atoms with Gasteiger partial charge in [-0.25, -0.2) is 4.39 Å². The Hall–Kier alpha value is -2.69. The van der Waals surface area contributed by atoms with Crippen molar-refractivity contribution in [3.05, 3.63) is 67.9 Å². The highest BCUT2D eigenvalue weighted by Gasteiger charge is 2.33. The van der Waals surface area contributed by atoms with Crippen LogP contribution >= 0.6 is 15.9 Å². The number of halogens is 5. The lowest BCUT2D eigenvalue weighted by atomic mass is 10.1. The maximum atomic E-state index is 13.3. The van der Waals surface area contributed by atoms with E-state index in [-0.39, 0.29) is 15.7 Å². The van der Waals surface area contributed by atoms with Crippen LogP contribution < -0.4 is 10.9 Å². The van der Waals surface area contributed by atoms with Gasteiger partial charge in [0.25, 0.3) is 11.6 Å². The number of benzene rings is 2. The Labute approximate surface area is 146 Å². The number of carbonyl (C=O) groups is 1. The lowest BCUT2D eigenvalue weighted by molar-refractivity contribution is -0.384. The minimum Gasteiger partial charge on any atom is -0.292 e. The zero-order chi connectivity index (χ0) is 18.8. The first kappa shape index (κ1) is 18.6. The SMILES string of the molecule is O=C(NNc1ccc(C(F)(F)F)cc1[N+](=O)[O-])c1cc(F)cc(Br)c1. The standard InChI is InChI=1S/C14H8BrF4N3O3/c15-9-3-7(4-10(16)6-9)13(23)21-20-11-2-1-8(14(17,18)19)5-12(11)22(24)25/h1-6,20H,(H,21,23). The molecule has 6 nitrogen and oxygen atoms in total. The van der Waals surface area contributed by atoms with Crippen molar-refractivity contribution in [2.45, 2.75) is 6.18 Å². The Balaban J connectivity index is 2.22. The summed E-state index contributed by atoms with van der Waals surface area (Å²) in [5.41, 5.74) is 1.68. The second kappa shape index (κ2) is 7.05. The van der Waals surface area contributed by atoms with Gasteiger partial charge in [-0.05, 0) is 30.3 Å². The molecule has 0 aromatic heterocycles. The van der Waals surface area contributed by atoms with Crippen LogP contribution in [0.4, 0.5) is 28.9 Å². The molecule has 0 aliphatic carbocycles. The molecule has 0 radical (unpaired) electrons. The molecule has 2 aromatic carbocycles. The summed E-state index contributed by atoms with van der Waals surface area (Å²) in [5, 5.41) is 10.9. The highest BCUT2D eigenvalue weighted by Crippen LogP contribution is 2.34. The van der Waals surface area contributed by atoms with Crippen molar-refractivity contribution in [3.63, 3.8) is 0 Å². The average Bonchev–Trinajstić information content (AvgIpc) is 2.50. The fourth-order valence-electron chi connectivity index (χ4n) is 1.85. The summed E-state index contributed by atoms with van der Waals surface area (Å²) in [6.45, 7) is 0. The highest BCUT2D eigenvalue weighted by molar-refractivity contribution is 9.10. The van der Waals surface area contributed by atoms with Crippen LogP contribution in [0.25, 0.3) is 0 Å². The second-order valence-corrected chi connectivity index (χ2v) is 5.64. The number of alkyl halides is 3. The Morgan fingerprint density at radius 2 is 1.84 bits per heavy atom. The fraction of sp³-hybridized carbons (Fsp3) is 0.0714. The van der Waals surface area contributed by atoms with Gasteiger partial charge in [-0.2, -0.15) is 13.2 Å². The smallest absolute Gasteiger partial charge is 0.292 e. The topological polar surface area (TPSA) is 84.3 Å². The van der Waals surface area contributed by atoms with Crippen molar-refractivity contribution in [1.29, 1.82) is 0 Å². The number of rotatable bonds is 4. The number of nitro groups is 1. The van der Waals surface area contributed by atoms with Gasteiger partial charge in [-0.15, -0.1) is 0 Å². The van der Waals surface area contributed by atoms with Crippen molar-refractivity contribution >= 4 is 33.2 Å². The van der Waals surface area contributed by atoms with Crippen LogP contribution in [0.1, 0.15) is 15.9 Å². The average molecular weight is 422 g/mol. The molecule has 0 spiro atoms. The molecule has 0 saturated carbocycles. The highest BCUT2D eigenvalue weighted by atomic mass is 79.9. The van der Waals surface area contributed by atoms with Gasteiger partial charge in [-0.3, -0.25) is 25.8 Å². The van der Waals surface area contributed by atoms with Crippen molar-refractivity contribution in [2.75, 3.05) is 5.43 Å². The number of nitro benzene ring substituents is 1. The molecular formula is C14H8BrF4N3O3. The van der Waals surface area contributed by atoms with Crippen molar-refractivity contribution in [2.24, 2.45) is 0 Å². The van der Waals surface area contributed by atoms with Gasteiger partial charge in [0.2, 0.25) is 0 Å². The molecule has 0 aliphatic rings. The molecule has 0 heterocycles. The molecule has 2 rings (SSSR count). The summed E-state index contributed by atoms with van der Waals surface area (Å²) in [5.74, 6) is -1.53. The Kier molecular flexibility index (Phi) is 5.26. The number of nitrogens with zero attached hydrogens (tertiary/aromatic N) is 1. The molecule has 0 bridgehead atoms. The summed E-state index contributed by atoms with van der Waals surface area (Å²) in [6.07, 6.45) is -4.75. The minimum atomic E-state index is -4.75. The van der Waals surface area contributed by atoms with Crippen LogP contribution in [0.15, 0.2) is 40.9 Å². The molecule has 0 aliphatic heterocycles. The van der Waals surface area contributed by atoms with Crippen LogP contribution in [0.5, 0.6) is 0 Å². The van der Waals surface area contributed by atoms with Crippen molar-refractivity contribution in [3.8, 4) is 0 Å². The molecule has 1 amide bonds. The van der Waals surface area contributed by atoms with E-state index in [0.29, 0.717) is 12.1 Å². The monoisotopic (exact) mass is 421 g/mol. The third-order valence-corrected chi connectivity index (χ3v) is 3.42. The zero-order valence-electron chi connectivity index (χ0n) is 12.0. The Morgan fingerprint density at radius 3 is 2.40 bits per heavy atom. The number of hydrogen-bond acceptors (Lipinski definition) is 4. The van der Waals surface area contributed by atoms with Crippen LogP contribution in [0, 0.1) is 15.9 Å². The number of amides is 1. The van der Waals surface area contributed by atoms with E-state index in [1.807, 2.05) is 0 Å². The van der Waals surface area contributed by atoms with Gasteiger partial charge in [0.15, 0.2) is 0 Å². The molecule has 25 heavy (non-hydrogen) atoms. The maximum absolute atomic E-state index is 13.3. The number of hydrazine groups is 1. The molecule has 0 fully saturated rings. The summed E-state index contributed by atoms with van der Waals surface area (Å²) < 4.78 is 51.4. The van der Waals surface area contributed by atoms with E-state index in [2.05, 4.69) is 26.8 Å². The van der Waals surface area contributed by atoms with E-state index >= 15 is 0 Å². The molecule has 2 aromatic rings. The van der Waals surface area contributed by atoms with Gasteiger partial charge in [0.1, 0.15) is 11.5 Å². The molecule has 11 heteroatoms. The van der Waals surface area contributed by atoms with Crippen LogP contribution in [-0.4, -0.2) is 10.8 Å². The maximum Gasteiger partial charge on any atom is 0.416 e. The predicted octanol–water partition coefficient (Wildman–Crippen LogP) is 4.27. The van der Waals surface area contributed by atoms with Gasteiger partial charge in [0, 0.05) is 16.1 Å². The molecule has 0 unspecified atom stereocenters. The first-order chi connectivity index (χ1) is 11.6. The van der Waals surface area contributed by atoms with Crippen LogP contribution in [-0.2, 0) is 6.18 Å². The molecule has 132 valence electrons. The Morgan fingerprint density at radius 1 is 1.16 bits per heavy atom. The van der Waals surface area contributed by atoms with E-state index in [9.17, 15) is 32.5 Å². The minimum absolute atomic E-state index is 0.103. The predicted molar refractivity (Wildman–Crippen MR) is 83.3 cm³/mol.